The molecule has 1 aliphatic rings. The number of piperidine rings is 1. The number of primary amides is 1. The summed E-state index contributed by atoms with van der Waals surface area (Å²) in [5, 5.41) is 0. The molecular formula is C20H22N6O. The summed E-state index contributed by atoms with van der Waals surface area (Å²) in [6.07, 6.45) is 9.43. The smallest absolute Gasteiger partial charge is 0.248 e. The van der Waals surface area contributed by atoms with E-state index in [1.54, 1.807) is 18.3 Å². The van der Waals surface area contributed by atoms with Crippen molar-refractivity contribution < 1.29 is 4.79 Å². The van der Waals surface area contributed by atoms with Gasteiger partial charge in [-0.05, 0) is 37.1 Å². The third-order valence-corrected chi connectivity index (χ3v) is 4.95. The lowest BCUT2D eigenvalue weighted by atomic mass is 9.97. The molecule has 3 aromatic heterocycles. The maximum atomic E-state index is 11.5. The number of anilines is 1. The van der Waals surface area contributed by atoms with E-state index >= 15 is 0 Å². The largest absolute Gasteiger partial charge is 0.366 e. The molecule has 3 aromatic rings. The van der Waals surface area contributed by atoms with Crippen molar-refractivity contribution in [2.45, 2.75) is 25.3 Å². The van der Waals surface area contributed by atoms with Crippen LogP contribution in [0.3, 0.4) is 0 Å². The van der Waals surface area contributed by atoms with Gasteiger partial charge in [0.05, 0.1) is 12.2 Å². The average Bonchev–Trinajstić information content (AvgIpc) is 3.17. The summed E-state index contributed by atoms with van der Waals surface area (Å²) in [4.78, 5) is 27.1. The van der Waals surface area contributed by atoms with Gasteiger partial charge < -0.3 is 15.2 Å². The van der Waals surface area contributed by atoms with Crippen molar-refractivity contribution in [2.24, 2.45) is 5.73 Å². The molecule has 0 bridgehead atoms. The van der Waals surface area contributed by atoms with Crippen molar-refractivity contribution in [1.82, 2.24) is 19.5 Å². The zero-order chi connectivity index (χ0) is 18.6. The summed E-state index contributed by atoms with van der Waals surface area (Å²) in [6.45, 7) is 2.43. The van der Waals surface area contributed by atoms with Crippen molar-refractivity contribution in [2.75, 3.05) is 18.0 Å². The van der Waals surface area contributed by atoms with Crippen molar-refractivity contribution in [3.05, 3.63) is 72.2 Å². The van der Waals surface area contributed by atoms with Crippen LogP contribution < -0.4 is 10.6 Å². The minimum Gasteiger partial charge on any atom is -0.366 e. The summed E-state index contributed by atoms with van der Waals surface area (Å²) >= 11 is 0. The number of aromatic nitrogens is 4. The molecule has 4 rings (SSSR count). The van der Waals surface area contributed by atoms with E-state index < -0.39 is 5.91 Å². The Balaban J connectivity index is 1.53. The zero-order valence-electron chi connectivity index (χ0n) is 15.0. The Morgan fingerprint density at radius 1 is 1.15 bits per heavy atom. The molecule has 0 saturated carbocycles. The highest BCUT2D eigenvalue weighted by molar-refractivity contribution is 5.93. The van der Waals surface area contributed by atoms with Gasteiger partial charge in [-0.3, -0.25) is 9.78 Å². The highest BCUT2D eigenvalue weighted by atomic mass is 16.1. The Morgan fingerprint density at radius 2 is 2.07 bits per heavy atom. The second-order valence-corrected chi connectivity index (χ2v) is 6.79. The highest BCUT2D eigenvalue weighted by Gasteiger charge is 2.26. The molecule has 138 valence electrons. The Hall–Kier alpha value is -3.22. The van der Waals surface area contributed by atoms with Crippen molar-refractivity contribution >= 4 is 11.7 Å². The van der Waals surface area contributed by atoms with Crippen LogP contribution in [0.2, 0.25) is 0 Å². The van der Waals surface area contributed by atoms with Crippen LogP contribution in [0.4, 0.5) is 5.82 Å². The van der Waals surface area contributed by atoms with E-state index in [2.05, 4.69) is 24.4 Å². The van der Waals surface area contributed by atoms with Gasteiger partial charge in [-0.1, -0.05) is 6.07 Å². The number of carbonyl (C=O) groups excluding carboxylic acids is 1. The number of pyridine rings is 2. The van der Waals surface area contributed by atoms with Crippen LogP contribution in [0.1, 0.15) is 40.6 Å². The molecule has 0 radical (unpaired) electrons. The summed E-state index contributed by atoms with van der Waals surface area (Å²) in [6, 6.07) is 9.36. The number of rotatable bonds is 5. The van der Waals surface area contributed by atoms with Crippen LogP contribution in [0, 0.1) is 0 Å². The van der Waals surface area contributed by atoms with Gasteiger partial charge in [-0.15, -0.1) is 0 Å². The van der Waals surface area contributed by atoms with E-state index in [0.717, 1.165) is 43.3 Å². The summed E-state index contributed by atoms with van der Waals surface area (Å²) in [7, 11) is 0. The molecule has 0 aromatic carbocycles. The van der Waals surface area contributed by atoms with Gasteiger partial charge in [0.25, 0.3) is 0 Å². The zero-order valence-corrected chi connectivity index (χ0v) is 15.0. The van der Waals surface area contributed by atoms with Gasteiger partial charge >= 0.3 is 0 Å². The molecule has 7 nitrogen and oxygen atoms in total. The lowest BCUT2D eigenvalue weighted by Crippen LogP contribution is -2.36. The second-order valence-electron chi connectivity index (χ2n) is 6.79. The maximum absolute atomic E-state index is 11.5. The second kappa shape index (κ2) is 7.57. The van der Waals surface area contributed by atoms with E-state index in [9.17, 15) is 4.79 Å². The van der Waals surface area contributed by atoms with Crippen LogP contribution in [0.15, 0.2) is 55.1 Å². The van der Waals surface area contributed by atoms with E-state index in [1.165, 1.54) is 0 Å². The molecule has 27 heavy (non-hydrogen) atoms. The van der Waals surface area contributed by atoms with Gasteiger partial charge in [0.1, 0.15) is 11.6 Å². The monoisotopic (exact) mass is 362 g/mol. The molecular weight excluding hydrogens is 340 g/mol. The van der Waals surface area contributed by atoms with Gasteiger partial charge in [-0.2, -0.15) is 0 Å². The Labute approximate surface area is 157 Å². The maximum Gasteiger partial charge on any atom is 0.248 e. The fourth-order valence-corrected chi connectivity index (χ4v) is 3.62. The number of amides is 1. The molecule has 0 spiro atoms. The lowest BCUT2D eigenvalue weighted by Gasteiger charge is -2.33. The van der Waals surface area contributed by atoms with E-state index in [1.807, 2.05) is 36.8 Å². The third-order valence-electron chi connectivity index (χ3n) is 4.95. The van der Waals surface area contributed by atoms with Crippen LogP contribution in [-0.2, 0) is 6.54 Å². The molecule has 1 saturated heterocycles. The number of carbonyl (C=O) groups is 1. The number of hydrogen-bond acceptors (Lipinski definition) is 5. The fourth-order valence-electron chi connectivity index (χ4n) is 3.62. The van der Waals surface area contributed by atoms with E-state index in [0.29, 0.717) is 18.0 Å². The topological polar surface area (TPSA) is 89.9 Å². The quantitative estimate of drug-likeness (QED) is 0.751. The van der Waals surface area contributed by atoms with Crippen molar-refractivity contribution in [3.8, 4) is 0 Å². The first kappa shape index (κ1) is 17.2. The molecule has 0 aliphatic carbocycles. The first-order valence-corrected chi connectivity index (χ1v) is 9.12. The minimum absolute atomic E-state index is 0.302. The first-order chi connectivity index (χ1) is 13.2. The summed E-state index contributed by atoms with van der Waals surface area (Å²) in [5.74, 6) is 1.73. The average molecular weight is 362 g/mol. The van der Waals surface area contributed by atoms with Gasteiger partial charge in [0, 0.05) is 49.4 Å². The van der Waals surface area contributed by atoms with Gasteiger partial charge in [-0.25, -0.2) is 9.97 Å². The Morgan fingerprint density at radius 3 is 2.89 bits per heavy atom. The molecule has 0 unspecified atom stereocenters. The molecule has 4 heterocycles. The number of hydrogen-bond donors (Lipinski definition) is 1. The third kappa shape index (κ3) is 3.81. The molecule has 2 N–H and O–H groups in total. The highest BCUT2D eigenvalue weighted by Crippen LogP contribution is 2.29. The summed E-state index contributed by atoms with van der Waals surface area (Å²) in [5.41, 5.74) is 6.90. The van der Waals surface area contributed by atoms with Gasteiger partial charge in [0.15, 0.2) is 0 Å². The lowest BCUT2D eigenvalue weighted by molar-refractivity contribution is 0.1000. The standard InChI is InChI=1S/C20H22N6O/c21-19(27)15-6-8-23-18(12-15)25-10-3-4-16(13-25)20-24-9-11-26(20)14-17-5-1-2-7-22-17/h1-2,5-9,11-12,16H,3-4,10,13-14H2,(H2,21,27)/t16-/m1/s1. The Bertz CT molecular complexity index is 923. The predicted molar refractivity (Wildman–Crippen MR) is 103 cm³/mol. The van der Waals surface area contributed by atoms with Crippen LogP contribution in [0.5, 0.6) is 0 Å². The van der Waals surface area contributed by atoms with E-state index in [-0.39, 0.29) is 0 Å². The number of nitrogens with zero attached hydrogens (tertiary/aromatic N) is 5. The van der Waals surface area contributed by atoms with Gasteiger partial charge in [0.2, 0.25) is 5.91 Å². The molecule has 7 heteroatoms. The SMILES string of the molecule is NC(=O)c1ccnc(N2CCC[C@@H](c3nccn3Cc3ccccn3)C2)c1. The van der Waals surface area contributed by atoms with Crippen molar-refractivity contribution in [1.29, 1.82) is 0 Å². The predicted octanol–water partition coefficient (Wildman–Crippen LogP) is 2.20. The molecule has 1 atom stereocenters. The van der Waals surface area contributed by atoms with E-state index in [4.69, 9.17) is 5.73 Å². The fraction of sp³-hybridized carbons (Fsp3) is 0.300. The number of imidazole rings is 1. The molecule has 1 amide bonds. The number of nitrogens with two attached hydrogens (primary N) is 1. The molecule has 1 aliphatic heterocycles. The molecule has 1 fully saturated rings. The van der Waals surface area contributed by atoms with Crippen molar-refractivity contribution in [3.63, 3.8) is 0 Å². The normalized spacial score (nSPS) is 17.0. The van der Waals surface area contributed by atoms with Crippen LogP contribution >= 0.6 is 0 Å². The van der Waals surface area contributed by atoms with Crippen LogP contribution in [-0.4, -0.2) is 38.5 Å². The summed E-state index contributed by atoms with van der Waals surface area (Å²) < 4.78 is 2.17. The Kier molecular flexibility index (Phi) is 4.82. The first-order valence-electron chi connectivity index (χ1n) is 9.12. The minimum atomic E-state index is -0.432. The van der Waals surface area contributed by atoms with Crippen LogP contribution in [0.25, 0.3) is 0 Å².